The molecular weight excluding hydrogens is 332 g/mol. The Morgan fingerprint density at radius 2 is 1.58 bits per heavy atom. The van der Waals surface area contributed by atoms with E-state index in [1.54, 1.807) is 24.3 Å². The second-order valence-corrected chi connectivity index (χ2v) is 7.56. The summed E-state index contributed by atoms with van der Waals surface area (Å²) >= 11 is 0. The Morgan fingerprint density at radius 3 is 2.08 bits per heavy atom. The summed E-state index contributed by atoms with van der Waals surface area (Å²) in [6.45, 7) is 3.49. The average Bonchev–Trinajstić information content (AvgIpc) is 2.81. The van der Waals surface area contributed by atoms with Gasteiger partial charge in [-0.05, 0) is 56.6 Å². The number of likely N-dealkylation sites (tertiary alicyclic amines) is 1. The number of hydrogen-bond donors (Lipinski definition) is 0. The van der Waals surface area contributed by atoms with E-state index >= 15 is 0 Å². The highest BCUT2D eigenvalue weighted by atomic mass is 16.6. The van der Waals surface area contributed by atoms with E-state index < -0.39 is 0 Å². The molecule has 2 fully saturated rings. The molecule has 1 saturated heterocycles. The predicted molar refractivity (Wildman–Crippen MR) is 94.8 cm³/mol. The number of nitrogens with zero attached hydrogens (tertiary/aromatic N) is 2. The van der Waals surface area contributed by atoms with Crippen molar-refractivity contribution in [1.82, 2.24) is 9.80 Å². The van der Waals surface area contributed by atoms with Crippen LogP contribution in [-0.2, 0) is 4.74 Å². The first kappa shape index (κ1) is 17.1. The zero-order valence-corrected chi connectivity index (χ0v) is 15.0. The Balaban J connectivity index is 1.54. The zero-order valence-electron chi connectivity index (χ0n) is 15.0. The maximum absolute atomic E-state index is 12.8. The molecule has 1 saturated carbocycles. The standard InChI is InChI=1S/C20H24N2O4/c1-2-26-20(25)21-11-13-7-8-14(12-21)10-15(9-13)22-18(23)16-5-3-4-6-17(16)19(22)24/h3-6,13-15H,2,7-12H2,1H3. The van der Waals surface area contributed by atoms with Gasteiger partial charge in [0.1, 0.15) is 0 Å². The van der Waals surface area contributed by atoms with Crippen LogP contribution in [0.1, 0.15) is 53.3 Å². The lowest BCUT2D eigenvalue weighted by molar-refractivity contribution is 0.0493. The van der Waals surface area contributed by atoms with Crippen LogP contribution in [0.4, 0.5) is 4.79 Å². The number of hydrogen-bond acceptors (Lipinski definition) is 4. The first-order valence-electron chi connectivity index (χ1n) is 9.47. The van der Waals surface area contributed by atoms with Crippen molar-refractivity contribution in [3.63, 3.8) is 0 Å². The van der Waals surface area contributed by atoms with Crippen LogP contribution >= 0.6 is 0 Å². The fourth-order valence-corrected chi connectivity index (χ4v) is 4.72. The van der Waals surface area contributed by atoms with Crippen molar-refractivity contribution in [2.24, 2.45) is 11.8 Å². The molecular formula is C20H24N2O4. The number of imide groups is 1. The molecule has 138 valence electrons. The van der Waals surface area contributed by atoms with Crippen molar-refractivity contribution in [3.05, 3.63) is 35.4 Å². The van der Waals surface area contributed by atoms with E-state index in [1.807, 2.05) is 11.8 Å². The smallest absolute Gasteiger partial charge is 0.409 e. The summed E-state index contributed by atoms with van der Waals surface area (Å²) < 4.78 is 5.17. The number of carbonyl (C=O) groups is 3. The summed E-state index contributed by atoms with van der Waals surface area (Å²) in [4.78, 5) is 41.1. The first-order valence-corrected chi connectivity index (χ1v) is 9.47. The molecule has 3 aliphatic rings. The lowest BCUT2D eigenvalue weighted by Gasteiger charge is -2.35. The third-order valence-electron chi connectivity index (χ3n) is 5.87. The normalized spacial score (nSPS) is 28.0. The molecule has 4 rings (SSSR count). The van der Waals surface area contributed by atoms with Gasteiger partial charge in [-0.1, -0.05) is 12.1 Å². The van der Waals surface area contributed by atoms with Gasteiger partial charge >= 0.3 is 6.09 Å². The number of benzene rings is 1. The predicted octanol–water partition coefficient (Wildman–Crippen LogP) is 2.93. The maximum atomic E-state index is 12.8. The minimum absolute atomic E-state index is 0.0794. The summed E-state index contributed by atoms with van der Waals surface area (Å²) in [7, 11) is 0. The zero-order chi connectivity index (χ0) is 18.3. The molecule has 0 aromatic heterocycles. The van der Waals surface area contributed by atoms with Gasteiger partial charge in [0, 0.05) is 19.1 Å². The minimum atomic E-state index is -0.247. The van der Waals surface area contributed by atoms with E-state index in [1.165, 1.54) is 4.90 Å². The summed E-state index contributed by atoms with van der Waals surface area (Å²) in [6, 6.07) is 6.98. The summed E-state index contributed by atoms with van der Waals surface area (Å²) in [5.74, 6) is 0.248. The minimum Gasteiger partial charge on any atom is -0.450 e. The summed E-state index contributed by atoms with van der Waals surface area (Å²) in [5.41, 5.74) is 1.03. The van der Waals surface area contributed by atoms with Gasteiger partial charge in [0.15, 0.2) is 0 Å². The van der Waals surface area contributed by atoms with Crippen LogP contribution in [-0.4, -0.2) is 53.4 Å². The van der Waals surface area contributed by atoms with E-state index in [9.17, 15) is 14.4 Å². The molecule has 1 aromatic carbocycles. The quantitative estimate of drug-likeness (QED) is 0.764. The topological polar surface area (TPSA) is 66.9 Å². The van der Waals surface area contributed by atoms with Gasteiger partial charge in [-0.3, -0.25) is 14.5 Å². The van der Waals surface area contributed by atoms with Crippen molar-refractivity contribution in [1.29, 1.82) is 0 Å². The second-order valence-electron chi connectivity index (χ2n) is 7.56. The van der Waals surface area contributed by atoms with Crippen molar-refractivity contribution < 1.29 is 19.1 Å². The molecule has 0 spiro atoms. The SMILES string of the molecule is CCOC(=O)N1CC2CCC(CC(N3C(=O)c4ccccc4C3=O)C2)C1. The lowest BCUT2D eigenvalue weighted by atomic mass is 9.93. The molecule has 6 nitrogen and oxygen atoms in total. The Labute approximate surface area is 153 Å². The third-order valence-corrected chi connectivity index (χ3v) is 5.87. The summed E-state index contributed by atoms with van der Waals surface area (Å²) in [6.07, 6.45) is 3.33. The van der Waals surface area contributed by atoms with Crippen molar-refractivity contribution in [3.8, 4) is 0 Å². The van der Waals surface area contributed by atoms with Gasteiger partial charge in [-0.25, -0.2) is 4.79 Å². The molecule has 26 heavy (non-hydrogen) atoms. The highest BCUT2D eigenvalue weighted by Gasteiger charge is 2.44. The average molecular weight is 356 g/mol. The van der Waals surface area contributed by atoms with Crippen LogP contribution in [0.15, 0.2) is 24.3 Å². The Morgan fingerprint density at radius 1 is 1.04 bits per heavy atom. The number of fused-ring (bicyclic) bond motifs is 4. The van der Waals surface area contributed by atoms with Gasteiger partial charge in [0.05, 0.1) is 17.7 Å². The van der Waals surface area contributed by atoms with E-state index in [0.717, 1.165) is 25.7 Å². The second kappa shape index (κ2) is 6.74. The van der Waals surface area contributed by atoms with Crippen molar-refractivity contribution in [2.75, 3.05) is 19.7 Å². The van der Waals surface area contributed by atoms with E-state index in [2.05, 4.69) is 0 Å². The number of rotatable bonds is 2. The Kier molecular flexibility index (Phi) is 4.42. The van der Waals surface area contributed by atoms with Crippen LogP contribution in [0.3, 0.4) is 0 Å². The van der Waals surface area contributed by atoms with Gasteiger partial charge in [0.2, 0.25) is 0 Å². The highest BCUT2D eigenvalue weighted by Crippen LogP contribution is 2.37. The van der Waals surface area contributed by atoms with Gasteiger partial charge in [0.25, 0.3) is 11.8 Å². The summed E-state index contributed by atoms with van der Waals surface area (Å²) in [5, 5.41) is 0. The van der Waals surface area contributed by atoms with Crippen LogP contribution in [0, 0.1) is 11.8 Å². The fraction of sp³-hybridized carbons (Fsp3) is 0.550. The van der Waals surface area contributed by atoms with Crippen molar-refractivity contribution in [2.45, 2.75) is 38.6 Å². The molecule has 6 heteroatoms. The molecule has 3 amide bonds. The molecule has 1 aliphatic carbocycles. The number of ether oxygens (including phenoxy) is 1. The van der Waals surface area contributed by atoms with Gasteiger partial charge in [-0.2, -0.15) is 0 Å². The van der Waals surface area contributed by atoms with E-state index in [4.69, 9.17) is 4.74 Å². The van der Waals surface area contributed by atoms with E-state index in [-0.39, 0.29) is 23.9 Å². The number of amides is 3. The fourth-order valence-electron chi connectivity index (χ4n) is 4.72. The van der Waals surface area contributed by atoms with Crippen LogP contribution in [0.2, 0.25) is 0 Å². The lowest BCUT2D eigenvalue weighted by Crippen LogP contribution is -2.46. The van der Waals surface area contributed by atoms with Crippen LogP contribution < -0.4 is 0 Å². The first-order chi connectivity index (χ1) is 12.6. The molecule has 2 atom stereocenters. The maximum Gasteiger partial charge on any atom is 0.409 e. The number of carbonyl (C=O) groups excluding carboxylic acids is 3. The third kappa shape index (κ3) is 2.87. The molecule has 1 aromatic rings. The largest absolute Gasteiger partial charge is 0.450 e. The molecule has 2 bridgehead atoms. The Hall–Kier alpha value is -2.37. The van der Waals surface area contributed by atoms with Crippen LogP contribution in [0.5, 0.6) is 0 Å². The van der Waals surface area contributed by atoms with Gasteiger partial charge in [-0.15, -0.1) is 0 Å². The van der Waals surface area contributed by atoms with Crippen molar-refractivity contribution >= 4 is 17.9 Å². The molecule has 2 aliphatic heterocycles. The highest BCUT2D eigenvalue weighted by molar-refractivity contribution is 6.21. The van der Waals surface area contributed by atoms with Gasteiger partial charge < -0.3 is 9.64 Å². The molecule has 2 unspecified atom stereocenters. The molecule has 0 radical (unpaired) electrons. The Bertz CT molecular complexity index is 696. The van der Waals surface area contributed by atoms with Crippen LogP contribution in [0.25, 0.3) is 0 Å². The molecule has 0 N–H and O–H groups in total. The monoisotopic (exact) mass is 356 g/mol. The van der Waals surface area contributed by atoms with E-state index in [0.29, 0.717) is 42.7 Å². The molecule has 2 heterocycles.